The first-order chi connectivity index (χ1) is 14.4. The third-order valence-electron chi connectivity index (χ3n) is 6.26. The Bertz CT molecular complexity index is 709. The van der Waals surface area contributed by atoms with Crippen LogP contribution in [0.5, 0.6) is 0 Å². The molecule has 0 spiro atoms. The summed E-state index contributed by atoms with van der Waals surface area (Å²) in [5.41, 5.74) is 1.28. The van der Waals surface area contributed by atoms with Gasteiger partial charge in [-0.2, -0.15) is 0 Å². The van der Waals surface area contributed by atoms with E-state index in [9.17, 15) is 9.59 Å². The fraction of sp³-hybridized carbons (Fsp3) is 0.652. The van der Waals surface area contributed by atoms with Gasteiger partial charge in [0, 0.05) is 63.1 Å². The Kier molecular flexibility index (Phi) is 8.10. The van der Waals surface area contributed by atoms with Crippen LogP contribution < -0.4 is 10.6 Å². The summed E-state index contributed by atoms with van der Waals surface area (Å²) in [4.78, 5) is 32.0. The highest BCUT2D eigenvalue weighted by molar-refractivity contribution is 5.97. The second-order valence-electron chi connectivity index (χ2n) is 8.92. The lowest BCUT2D eigenvalue weighted by atomic mass is 10.0. The first-order valence-corrected chi connectivity index (χ1v) is 11.3. The highest BCUT2D eigenvalue weighted by atomic mass is 16.2. The van der Waals surface area contributed by atoms with E-state index in [1.165, 1.54) is 6.42 Å². The number of urea groups is 1. The normalized spacial score (nSPS) is 19.5. The lowest BCUT2D eigenvalue weighted by Crippen LogP contribution is -2.54. The van der Waals surface area contributed by atoms with Gasteiger partial charge in [-0.3, -0.25) is 9.69 Å². The number of hydrogen-bond donors (Lipinski definition) is 2. The van der Waals surface area contributed by atoms with E-state index in [-0.39, 0.29) is 11.9 Å². The van der Waals surface area contributed by atoms with Gasteiger partial charge in [0.1, 0.15) is 0 Å². The summed E-state index contributed by atoms with van der Waals surface area (Å²) in [7, 11) is 2.15. The van der Waals surface area contributed by atoms with Crippen LogP contribution in [0.25, 0.3) is 0 Å². The zero-order valence-electron chi connectivity index (χ0n) is 18.7. The molecule has 2 aliphatic heterocycles. The van der Waals surface area contributed by atoms with Crippen LogP contribution in [0.3, 0.4) is 0 Å². The van der Waals surface area contributed by atoms with Crippen LogP contribution in [0.4, 0.5) is 10.5 Å². The number of benzene rings is 1. The molecule has 2 saturated heterocycles. The summed E-state index contributed by atoms with van der Waals surface area (Å²) < 4.78 is 0. The van der Waals surface area contributed by atoms with Gasteiger partial charge in [-0.1, -0.05) is 19.9 Å². The fourth-order valence-electron chi connectivity index (χ4n) is 4.32. The number of hydrogen-bond acceptors (Lipinski definition) is 4. The SMILES string of the molecule is CC(C)C(CNC(=O)Nc1cccc(C(=O)N2CCCCC2)c1)N1CCN(C)CC1. The predicted octanol–water partition coefficient (Wildman–Crippen LogP) is 2.71. The number of amides is 3. The number of rotatable bonds is 6. The average molecular weight is 416 g/mol. The Morgan fingerprint density at radius 3 is 2.37 bits per heavy atom. The Morgan fingerprint density at radius 1 is 1.00 bits per heavy atom. The van der Waals surface area contributed by atoms with Crippen molar-refractivity contribution in [2.24, 2.45) is 5.92 Å². The topological polar surface area (TPSA) is 67.9 Å². The van der Waals surface area contributed by atoms with E-state index in [2.05, 4.69) is 41.3 Å². The molecule has 3 amide bonds. The monoisotopic (exact) mass is 415 g/mol. The molecule has 0 bridgehead atoms. The molecule has 1 atom stereocenters. The van der Waals surface area contributed by atoms with E-state index in [0.29, 0.717) is 29.8 Å². The number of carbonyl (C=O) groups is 2. The number of carbonyl (C=O) groups excluding carboxylic acids is 2. The van der Waals surface area contributed by atoms with E-state index in [0.717, 1.165) is 52.1 Å². The number of piperazine rings is 1. The quantitative estimate of drug-likeness (QED) is 0.750. The van der Waals surface area contributed by atoms with Crippen molar-refractivity contribution in [3.05, 3.63) is 29.8 Å². The Balaban J connectivity index is 1.53. The molecule has 0 aromatic heterocycles. The number of likely N-dealkylation sites (N-methyl/N-ethyl adjacent to an activating group) is 1. The summed E-state index contributed by atoms with van der Waals surface area (Å²) in [5, 5.41) is 5.93. The van der Waals surface area contributed by atoms with E-state index < -0.39 is 0 Å². The summed E-state index contributed by atoms with van der Waals surface area (Å²) >= 11 is 0. The standard InChI is InChI=1S/C23H37N5O2/c1-18(2)21(27-14-12-26(3)13-15-27)17-24-23(30)25-20-9-7-8-19(16-20)22(29)28-10-5-4-6-11-28/h7-9,16,18,21H,4-6,10-15,17H2,1-3H3,(H2,24,25,30). The zero-order valence-corrected chi connectivity index (χ0v) is 18.7. The van der Waals surface area contributed by atoms with E-state index in [1.54, 1.807) is 6.07 Å². The summed E-state index contributed by atoms with van der Waals surface area (Å²) in [6, 6.07) is 7.34. The van der Waals surface area contributed by atoms with Gasteiger partial charge in [0.25, 0.3) is 5.91 Å². The first-order valence-electron chi connectivity index (χ1n) is 11.3. The smallest absolute Gasteiger partial charge is 0.319 e. The van der Waals surface area contributed by atoms with Crippen LogP contribution in [0.15, 0.2) is 24.3 Å². The van der Waals surface area contributed by atoms with E-state index >= 15 is 0 Å². The third kappa shape index (κ3) is 6.19. The van der Waals surface area contributed by atoms with E-state index in [1.807, 2.05) is 23.1 Å². The molecule has 0 radical (unpaired) electrons. The van der Waals surface area contributed by atoms with Gasteiger partial charge in [-0.05, 0) is 50.4 Å². The largest absolute Gasteiger partial charge is 0.339 e. The maximum atomic E-state index is 12.7. The summed E-state index contributed by atoms with van der Waals surface area (Å²) in [6.45, 7) is 10.9. The third-order valence-corrected chi connectivity index (χ3v) is 6.26. The van der Waals surface area contributed by atoms with Crippen molar-refractivity contribution < 1.29 is 9.59 Å². The average Bonchev–Trinajstić information content (AvgIpc) is 2.75. The molecule has 2 heterocycles. The van der Waals surface area contributed by atoms with Crippen molar-refractivity contribution in [3.8, 4) is 0 Å². The van der Waals surface area contributed by atoms with Crippen LogP contribution in [-0.2, 0) is 0 Å². The minimum atomic E-state index is -0.225. The van der Waals surface area contributed by atoms with Gasteiger partial charge < -0.3 is 20.4 Å². The number of nitrogens with zero attached hydrogens (tertiary/aromatic N) is 3. The number of piperidine rings is 1. The number of anilines is 1. The van der Waals surface area contributed by atoms with Crippen molar-refractivity contribution in [1.29, 1.82) is 0 Å². The Morgan fingerprint density at radius 2 is 1.70 bits per heavy atom. The van der Waals surface area contributed by atoms with Gasteiger partial charge in [-0.25, -0.2) is 4.79 Å². The van der Waals surface area contributed by atoms with Crippen molar-refractivity contribution >= 4 is 17.6 Å². The molecule has 30 heavy (non-hydrogen) atoms. The fourth-order valence-corrected chi connectivity index (χ4v) is 4.32. The second-order valence-corrected chi connectivity index (χ2v) is 8.92. The van der Waals surface area contributed by atoms with Crippen molar-refractivity contribution in [3.63, 3.8) is 0 Å². The zero-order chi connectivity index (χ0) is 21.5. The van der Waals surface area contributed by atoms with Crippen LogP contribution in [0.2, 0.25) is 0 Å². The molecule has 2 N–H and O–H groups in total. The molecule has 2 fully saturated rings. The Hall–Kier alpha value is -2.12. The molecule has 166 valence electrons. The molecule has 1 aromatic rings. The van der Waals surface area contributed by atoms with Gasteiger partial charge in [0.05, 0.1) is 0 Å². The van der Waals surface area contributed by atoms with Gasteiger partial charge in [0.2, 0.25) is 0 Å². The van der Waals surface area contributed by atoms with Crippen molar-refractivity contribution in [2.45, 2.75) is 39.2 Å². The molecular weight excluding hydrogens is 378 g/mol. The van der Waals surface area contributed by atoms with Crippen LogP contribution >= 0.6 is 0 Å². The van der Waals surface area contributed by atoms with Crippen LogP contribution in [-0.4, -0.2) is 85.5 Å². The van der Waals surface area contributed by atoms with Crippen molar-refractivity contribution in [1.82, 2.24) is 20.0 Å². The molecule has 0 aliphatic carbocycles. The molecule has 7 nitrogen and oxygen atoms in total. The molecule has 0 saturated carbocycles. The number of nitrogens with one attached hydrogen (secondary N) is 2. The summed E-state index contributed by atoms with van der Waals surface area (Å²) in [5.74, 6) is 0.507. The van der Waals surface area contributed by atoms with Gasteiger partial charge >= 0.3 is 6.03 Å². The maximum Gasteiger partial charge on any atom is 0.319 e. The van der Waals surface area contributed by atoms with Crippen LogP contribution in [0.1, 0.15) is 43.5 Å². The van der Waals surface area contributed by atoms with Gasteiger partial charge in [0.15, 0.2) is 0 Å². The predicted molar refractivity (Wildman–Crippen MR) is 121 cm³/mol. The minimum Gasteiger partial charge on any atom is -0.339 e. The highest BCUT2D eigenvalue weighted by Gasteiger charge is 2.25. The molecule has 7 heteroatoms. The highest BCUT2D eigenvalue weighted by Crippen LogP contribution is 2.17. The number of likely N-dealkylation sites (tertiary alicyclic amines) is 1. The molecule has 3 rings (SSSR count). The first kappa shape index (κ1) is 22.6. The summed E-state index contributed by atoms with van der Waals surface area (Å²) in [6.07, 6.45) is 3.32. The molecule has 1 aromatic carbocycles. The Labute approximate surface area is 180 Å². The van der Waals surface area contributed by atoms with Crippen LogP contribution in [0, 0.1) is 5.92 Å². The molecular formula is C23H37N5O2. The van der Waals surface area contributed by atoms with Crippen molar-refractivity contribution in [2.75, 3.05) is 58.2 Å². The van der Waals surface area contributed by atoms with E-state index in [4.69, 9.17) is 0 Å². The lowest BCUT2D eigenvalue weighted by molar-refractivity contribution is 0.0724. The second kappa shape index (κ2) is 10.8. The van der Waals surface area contributed by atoms with Gasteiger partial charge in [-0.15, -0.1) is 0 Å². The molecule has 2 aliphatic rings. The minimum absolute atomic E-state index is 0.0497. The lowest BCUT2D eigenvalue weighted by Gasteiger charge is -2.39. The molecule has 1 unspecified atom stereocenters. The maximum absolute atomic E-state index is 12.7.